The maximum Gasteiger partial charge on any atom is 0.337 e. The second-order valence-corrected chi connectivity index (χ2v) is 6.97. The van der Waals surface area contributed by atoms with Gasteiger partial charge in [0.05, 0.1) is 19.8 Å². The van der Waals surface area contributed by atoms with Crippen molar-refractivity contribution in [3.63, 3.8) is 0 Å². The first kappa shape index (κ1) is 19.5. The number of ether oxygens (including phenoxy) is 5. The number of carbonyl (C=O) groups is 1. The molecule has 0 aromatic heterocycles. The summed E-state index contributed by atoms with van der Waals surface area (Å²) in [5.41, 5.74) is 6.04. The zero-order valence-corrected chi connectivity index (χ0v) is 14.6. The third kappa shape index (κ3) is 4.05. The van der Waals surface area contributed by atoms with Crippen molar-refractivity contribution >= 4 is 5.97 Å². The van der Waals surface area contributed by atoms with Gasteiger partial charge in [0.2, 0.25) is 0 Å². The number of hydrogen-bond donors (Lipinski definition) is 3. The molecule has 2 aliphatic heterocycles. The quantitative estimate of drug-likeness (QED) is 0.528. The van der Waals surface area contributed by atoms with Crippen LogP contribution >= 0.6 is 0 Å². The molecule has 0 radical (unpaired) electrons. The van der Waals surface area contributed by atoms with Gasteiger partial charge in [0.25, 0.3) is 0 Å². The van der Waals surface area contributed by atoms with Gasteiger partial charge in [-0.2, -0.15) is 0 Å². The van der Waals surface area contributed by atoms with Crippen LogP contribution in [-0.4, -0.2) is 78.0 Å². The smallest absolute Gasteiger partial charge is 0.337 e. The highest BCUT2D eigenvalue weighted by atomic mass is 16.8. The SMILES string of the molecule is COC(=O)[C@H](O)[C@@H](O)[C@@H](N)[C@H]1OC(C)(C)O[C@@H]1[C@H]1COC(C)(C)O1. The van der Waals surface area contributed by atoms with Crippen molar-refractivity contribution in [2.24, 2.45) is 5.73 Å². The molecule has 9 heteroatoms. The topological polar surface area (TPSA) is 130 Å². The number of rotatable bonds is 5. The summed E-state index contributed by atoms with van der Waals surface area (Å²) < 4.78 is 27.4. The van der Waals surface area contributed by atoms with E-state index in [1.54, 1.807) is 27.7 Å². The molecule has 0 bridgehead atoms. The van der Waals surface area contributed by atoms with Crippen molar-refractivity contribution in [2.45, 2.75) is 75.8 Å². The van der Waals surface area contributed by atoms with Crippen molar-refractivity contribution in [1.29, 1.82) is 0 Å². The summed E-state index contributed by atoms with van der Waals surface area (Å²) in [5, 5.41) is 20.0. The van der Waals surface area contributed by atoms with Crippen LogP contribution in [0.2, 0.25) is 0 Å². The van der Waals surface area contributed by atoms with Gasteiger partial charge in [-0.1, -0.05) is 0 Å². The van der Waals surface area contributed by atoms with E-state index in [1.165, 1.54) is 0 Å². The molecule has 24 heavy (non-hydrogen) atoms. The fourth-order valence-corrected chi connectivity index (χ4v) is 2.94. The Bertz CT molecular complexity index is 468. The van der Waals surface area contributed by atoms with Crippen LogP contribution in [0.15, 0.2) is 0 Å². The minimum Gasteiger partial charge on any atom is -0.467 e. The minimum atomic E-state index is -1.78. The molecule has 4 N–H and O–H groups in total. The standard InChI is InChI=1S/C15H27NO8/c1-14(2)21-6-7(22-14)11-12(24-15(3,4)23-11)8(16)9(17)10(18)13(19)20-5/h7-12,17-18H,6,16H2,1-5H3/t7-,8-,9+,10-,11-,12-/m1/s1. The summed E-state index contributed by atoms with van der Waals surface area (Å²) in [6.45, 7) is 7.24. The number of hydrogen-bond acceptors (Lipinski definition) is 9. The Labute approximate surface area is 140 Å². The zero-order chi connectivity index (χ0) is 18.3. The second kappa shape index (κ2) is 6.83. The van der Waals surface area contributed by atoms with E-state index < -0.39 is 54.1 Å². The summed E-state index contributed by atoms with van der Waals surface area (Å²) in [7, 11) is 1.11. The molecule has 2 fully saturated rings. The molecule has 0 aliphatic carbocycles. The fraction of sp³-hybridized carbons (Fsp3) is 0.933. The molecule has 0 spiro atoms. The highest BCUT2D eigenvalue weighted by molar-refractivity contribution is 5.75. The third-order valence-electron chi connectivity index (χ3n) is 4.10. The van der Waals surface area contributed by atoms with Gasteiger partial charge in [-0.3, -0.25) is 0 Å². The Morgan fingerprint density at radius 3 is 2.29 bits per heavy atom. The van der Waals surface area contributed by atoms with Crippen molar-refractivity contribution in [2.75, 3.05) is 13.7 Å². The normalized spacial score (nSPS) is 35.4. The van der Waals surface area contributed by atoms with Gasteiger partial charge in [0.1, 0.15) is 24.4 Å². The summed E-state index contributed by atoms with van der Waals surface area (Å²) in [6, 6.07) is -1.10. The number of carbonyl (C=O) groups excluding carboxylic acids is 1. The van der Waals surface area contributed by atoms with Gasteiger partial charge < -0.3 is 39.6 Å². The largest absolute Gasteiger partial charge is 0.467 e. The molecule has 9 nitrogen and oxygen atoms in total. The predicted octanol–water partition coefficient (Wildman–Crippen LogP) is -1.12. The van der Waals surface area contributed by atoms with Crippen molar-refractivity contribution in [3.8, 4) is 0 Å². The van der Waals surface area contributed by atoms with Crippen LogP contribution in [0.25, 0.3) is 0 Å². The molecule has 2 saturated heterocycles. The molecule has 140 valence electrons. The number of aliphatic hydroxyl groups excluding tert-OH is 2. The maximum absolute atomic E-state index is 11.4. The first-order chi connectivity index (χ1) is 11.0. The van der Waals surface area contributed by atoms with Crippen molar-refractivity contribution in [1.82, 2.24) is 0 Å². The maximum atomic E-state index is 11.4. The molecule has 6 atom stereocenters. The van der Waals surface area contributed by atoms with E-state index >= 15 is 0 Å². The third-order valence-corrected chi connectivity index (χ3v) is 4.10. The molecule has 0 saturated carbocycles. The van der Waals surface area contributed by atoms with Gasteiger partial charge in [-0.05, 0) is 27.7 Å². The molecule has 0 aromatic rings. The fourth-order valence-electron chi connectivity index (χ4n) is 2.94. The average molecular weight is 349 g/mol. The van der Waals surface area contributed by atoms with Gasteiger partial charge in [0, 0.05) is 0 Å². The Hall–Kier alpha value is -0.810. The predicted molar refractivity (Wildman–Crippen MR) is 80.7 cm³/mol. The van der Waals surface area contributed by atoms with E-state index in [2.05, 4.69) is 4.74 Å². The van der Waals surface area contributed by atoms with Crippen LogP contribution in [0.1, 0.15) is 27.7 Å². The number of esters is 1. The minimum absolute atomic E-state index is 0.274. The van der Waals surface area contributed by atoms with E-state index in [0.29, 0.717) is 0 Å². The number of methoxy groups -OCH3 is 1. The number of aliphatic hydroxyl groups is 2. The lowest BCUT2D eigenvalue weighted by Crippen LogP contribution is -2.57. The molecule has 2 rings (SSSR count). The highest BCUT2D eigenvalue weighted by Crippen LogP contribution is 2.37. The first-order valence-corrected chi connectivity index (χ1v) is 7.84. The lowest BCUT2D eigenvalue weighted by Gasteiger charge is -2.30. The second-order valence-electron chi connectivity index (χ2n) is 6.97. The highest BCUT2D eigenvalue weighted by Gasteiger charge is 2.53. The van der Waals surface area contributed by atoms with Crippen LogP contribution in [0.5, 0.6) is 0 Å². The van der Waals surface area contributed by atoms with Crippen LogP contribution in [0, 0.1) is 0 Å². The molecule has 2 aliphatic rings. The van der Waals surface area contributed by atoms with E-state index in [0.717, 1.165) is 7.11 Å². The van der Waals surface area contributed by atoms with Crippen molar-refractivity contribution in [3.05, 3.63) is 0 Å². The van der Waals surface area contributed by atoms with Gasteiger partial charge in [-0.15, -0.1) is 0 Å². The van der Waals surface area contributed by atoms with Crippen LogP contribution in [0.4, 0.5) is 0 Å². The van der Waals surface area contributed by atoms with E-state index in [1.807, 2.05) is 0 Å². The Morgan fingerprint density at radius 1 is 1.17 bits per heavy atom. The average Bonchev–Trinajstić information content (AvgIpc) is 3.02. The summed E-state index contributed by atoms with van der Waals surface area (Å²) in [5.74, 6) is -2.70. The molecule has 0 amide bonds. The molecular formula is C15H27NO8. The van der Waals surface area contributed by atoms with Crippen LogP contribution in [-0.2, 0) is 28.5 Å². The van der Waals surface area contributed by atoms with Crippen LogP contribution in [0.3, 0.4) is 0 Å². The molecule has 2 heterocycles. The summed E-state index contributed by atoms with van der Waals surface area (Å²) >= 11 is 0. The molecule has 0 aromatic carbocycles. The van der Waals surface area contributed by atoms with Gasteiger partial charge in [0.15, 0.2) is 17.7 Å². The van der Waals surface area contributed by atoms with Crippen LogP contribution < -0.4 is 5.73 Å². The Balaban J connectivity index is 2.14. The Kier molecular flexibility index (Phi) is 5.55. The number of nitrogens with two attached hydrogens (primary N) is 1. The molecule has 0 unspecified atom stereocenters. The summed E-state index contributed by atoms with van der Waals surface area (Å²) in [6.07, 6.45) is -5.26. The van der Waals surface area contributed by atoms with E-state index in [9.17, 15) is 15.0 Å². The van der Waals surface area contributed by atoms with Crippen molar-refractivity contribution < 1.29 is 38.7 Å². The Morgan fingerprint density at radius 2 is 1.79 bits per heavy atom. The lowest BCUT2D eigenvalue weighted by atomic mass is 9.95. The first-order valence-electron chi connectivity index (χ1n) is 7.84. The zero-order valence-electron chi connectivity index (χ0n) is 14.6. The lowest BCUT2D eigenvalue weighted by molar-refractivity contribution is -0.175. The summed E-state index contributed by atoms with van der Waals surface area (Å²) in [4.78, 5) is 11.4. The van der Waals surface area contributed by atoms with Gasteiger partial charge in [-0.25, -0.2) is 4.79 Å². The van der Waals surface area contributed by atoms with E-state index in [4.69, 9.17) is 24.7 Å². The van der Waals surface area contributed by atoms with Gasteiger partial charge >= 0.3 is 5.97 Å². The van der Waals surface area contributed by atoms with E-state index in [-0.39, 0.29) is 6.61 Å². The molecular weight excluding hydrogens is 322 g/mol. The monoisotopic (exact) mass is 349 g/mol.